The highest BCUT2D eigenvalue weighted by molar-refractivity contribution is 5.59. The maximum Gasteiger partial charge on any atom is 0.179 e. The van der Waals surface area contributed by atoms with Gasteiger partial charge in [-0.1, -0.05) is 36.4 Å². The molecule has 0 bridgehead atoms. The number of halogens is 2. The van der Waals surface area contributed by atoms with Crippen LogP contribution in [0.3, 0.4) is 0 Å². The first-order valence-electron chi connectivity index (χ1n) is 11.2. The molecule has 0 radical (unpaired) electrons. The fourth-order valence-electron chi connectivity index (χ4n) is 3.65. The number of aromatic nitrogens is 1. The van der Waals surface area contributed by atoms with E-state index in [-0.39, 0.29) is 40.6 Å². The van der Waals surface area contributed by atoms with E-state index in [4.69, 9.17) is 5.11 Å². The van der Waals surface area contributed by atoms with Gasteiger partial charge in [0.25, 0.3) is 0 Å². The standard InChI is InChI=1S/C26H39N3O2.2BrH/c1-5-28(6-2)25-13-11-23(12-14-25)9-7-8-10-24-15-17-27(18-16-24)21-26(31)22-29(3,4)19-20-30;;/h7-18,26,30-31H,5-6,19-22H2,1-4H3;2*1H/q+2;;/p-2. The SMILES string of the molecule is CCN(CC)c1ccc(/C=C/C=C/c2cc[n+](CC(O)C[N+](C)(C)CCO)cc2)cc1.[Br-].[Br-]. The largest absolute Gasteiger partial charge is 1.00 e. The van der Waals surface area contributed by atoms with Crippen LogP contribution in [-0.2, 0) is 6.54 Å². The second-order valence-corrected chi connectivity index (χ2v) is 8.53. The molecule has 184 valence electrons. The van der Waals surface area contributed by atoms with Crippen molar-refractivity contribution in [1.29, 1.82) is 0 Å². The number of aliphatic hydroxyl groups is 2. The number of pyridine rings is 1. The molecule has 5 nitrogen and oxygen atoms in total. The van der Waals surface area contributed by atoms with Crippen molar-refractivity contribution in [1.82, 2.24) is 0 Å². The molecule has 1 atom stereocenters. The van der Waals surface area contributed by atoms with E-state index in [1.165, 1.54) is 11.3 Å². The molecule has 33 heavy (non-hydrogen) atoms. The maximum atomic E-state index is 10.3. The van der Waals surface area contributed by atoms with Gasteiger partial charge in [0, 0.05) is 30.9 Å². The molecule has 7 heteroatoms. The Bertz CT molecular complexity index is 834. The topological polar surface area (TPSA) is 47.6 Å². The van der Waals surface area contributed by atoms with Crippen LogP contribution in [0.5, 0.6) is 0 Å². The summed E-state index contributed by atoms with van der Waals surface area (Å²) in [6, 6.07) is 12.7. The zero-order valence-electron chi connectivity index (χ0n) is 20.2. The molecule has 1 aromatic carbocycles. The fraction of sp³-hybridized carbons (Fsp3) is 0.423. The molecule has 0 aliphatic rings. The summed E-state index contributed by atoms with van der Waals surface area (Å²) in [5.41, 5.74) is 3.56. The Labute approximate surface area is 220 Å². The van der Waals surface area contributed by atoms with E-state index in [1.807, 2.05) is 49.3 Å². The van der Waals surface area contributed by atoms with Gasteiger partial charge in [-0.2, -0.15) is 0 Å². The zero-order chi connectivity index (χ0) is 22.7. The van der Waals surface area contributed by atoms with E-state index >= 15 is 0 Å². The summed E-state index contributed by atoms with van der Waals surface area (Å²) in [6.45, 7) is 8.30. The summed E-state index contributed by atoms with van der Waals surface area (Å²) < 4.78 is 2.60. The molecule has 0 aliphatic carbocycles. The molecule has 1 unspecified atom stereocenters. The monoisotopic (exact) mass is 583 g/mol. The van der Waals surface area contributed by atoms with Crippen molar-refractivity contribution < 1.29 is 53.2 Å². The summed E-state index contributed by atoms with van der Waals surface area (Å²) in [5.74, 6) is 0. The lowest BCUT2D eigenvalue weighted by atomic mass is 10.1. The molecule has 0 amide bonds. The van der Waals surface area contributed by atoms with Crippen LogP contribution < -0.4 is 43.4 Å². The first kappa shape index (κ1) is 31.5. The molecule has 0 aliphatic heterocycles. The highest BCUT2D eigenvalue weighted by Gasteiger charge is 2.22. The number of nitrogens with zero attached hydrogens (tertiary/aromatic N) is 3. The summed E-state index contributed by atoms with van der Waals surface area (Å²) >= 11 is 0. The van der Waals surface area contributed by atoms with E-state index in [0.717, 1.165) is 18.7 Å². The number of allylic oxidation sites excluding steroid dienone is 2. The molecule has 2 N–H and O–H groups in total. The third kappa shape index (κ3) is 11.5. The highest BCUT2D eigenvalue weighted by Crippen LogP contribution is 2.15. The minimum absolute atomic E-state index is 0. The van der Waals surface area contributed by atoms with Gasteiger partial charge in [-0.25, -0.2) is 4.57 Å². The number of benzene rings is 1. The summed E-state index contributed by atoms with van der Waals surface area (Å²) in [7, 11) is 4.04. The Morgan fingerprint density at radius 2 is 1.42 bits per heavy atom. The minimum Gasteiger partial charge on any atom is -1.00 e. The second-order valence-electron chi connectivity index (χ2n) is 8.53. The molecule has 0 spiro atoms. The molecular formula is C26H39Br2N3O2. The predicted molar refractivity (Wildman–Crippen MR) is 130 cm³/mol. The first-order valence-corrected chi connectivity index (χ1v) is 11.2. The van der Waals surface area contributed by atoms with Gasteiger partial charge in [0.15, 0.2) is 25.0 Å². The van der Waals surface area contributed by atoms with Crippen LogP contribution in [-0.4, -0.2) is 67.7 Å². The van der Waals surface area contributed by atoms with Gasteiger partial charge in [-0.05, 0) is 37.1 Å². The molecule has 1 heterocycles. The summed E-state index contributed by atoms with van der Waals surface area (Å²) in [5, 5.41) is 19.5. The van der Waals surface area contributed by atoms with E-state index < -0.39 is 6.10 Å². The average molecular weight is 585 g/mol. The van der Waals surface area contributed by atoms with Gasteiger partial charge in [0.05, 0.1) is 20.7 Å². The molecule has 0 saturated carbocycles. The van der Waals surface area contributed by atoms with Crippen LogP contribution in [0.4, 0.5) is 5.69 Å². The van der Waals surface area contributed by atoms with Gasteiger partial charge in [-0.3, -0.25) is 0 Å². The normalized spacial score (nSPS) is 12.4. The second kappa shape index (κ2) is 16.2. The van der Waals surface area contributed by atoms with E-state index in [0.29, 0.717) is 24.1 Å². The number of rotatable bonds is 12. The van der Waals surface area contributed by atoms with E-state index in [2.05, 4.69) is 61.2 Å². The maximum absolute atomic E-state index is 10.3. The molecule has 0 saturated heterocycles. The number of hydrogen-bond donors (Lipinski definition) is 2. The molecule has 2 aromatic rings. The Morgan fingerprint density at radius 1 is 0.909 bits per heavy atom. The lowest BCUT2D eigenvalue weighted by Gasteiger charge is -2.30. The molecule has 2 rings (SSSR count). The number of likely N-dealkylation sites (N-methyl/N-ethyl adjacent to an activating group) is 1. The lowest BCUT2D eigenvalue weighted by molar-refractivity contribution is -0.896. The van der Waals surface area contributed by atoms with E-state index in [9.17, 15) is 5.11 Å². The molecule has 1 aromatic heterocycles. The quantitative estimate of drug-likeness (QED) is 0.159. The summed E-state index contributed by atoms with van der Waals surface area (Å²) in [4.78, 5) is 2.34. The smallest absolute Gasteiger partial charge is 0.179 e. The van der Waals surface area contributed by atoms with Crippen molar-refractivity contribution in [3.8, 4) is 0 Å². The third-order valence-electron chi connectivity index (χ3n) is 5.46. The highest BCUT2D eigenvalue weighted by atomic mass is 79.9. The fourth-order valence-corrected chi connectivity index (χ4v) is 3.65. The predicted octanol–water partition coefficient (Wildman–Crippen LogP) is -3.02. The number of aliphatic hydroxyl groups excluding tert-OH is 2. The molecular weight excluding hydrogens is 546 g/mol. The number of hydrogen-bond acceptors (Lipinski definition) is 3. The summed E-state index contributed by atoms with van der Waals surface area (Å²) in [6.07, 6.45) is 11.8. The van der Waals surface area contributed by atoms with Crippen molar-refractivity contribution in [3.63, 3.8) is 0 Å². The average Bonchev–Trinajstić information content (AvgIpc) is 2.73. The Balaban J connectivity index is 0.00000512. The van der Waals surface area contributed by atoms with Crippen LogP contribution in [0.25, 0.3) is 12.2 Å². The Morgan fingerprint density at radius 3 is 1.91 bits per heavy atom. The van der Waals surface area contributed by atoms with Crippen molar-refractivity contribution in [2.24, 2.45) is 0 Å². The van der Waals surface area contributed by atoms with E-state index in [1.54, 1.807) is 0 Å². The van der Waals surface area contributed by atoms with Crippen LogP contribution in [0.15, 0.2) is 60.9 Å². The number of quaternary nitrogens is 1. The van der Waals surface area contributed by atoms with Gasteiger partial charge in [0.2, 0.25) is 0 Å². The van der Waals surface area contributed by atoms with Crippen molar-refractivity contribution in [3.05, 3.63) is 72.1 Å². The van der Waals surface area contributed by atoms with Gasteiger partial charge in [-0.15, -0.1) is 0 Å². The zero-order valence-corrected chi connectivity index (χ0v) is 23.4. The molecule has 0 fully saturated rings. The Hall–Kier alpha value is -1.51. The van der Waals surface area contributed by atoms with Crippen molar-refractivity contribution >= 4 is 17.8 Å². The van der Waals surface area contributed by atoms with Crippen LogP contribution in [0.1, 0.15) is 25.0 Å². The lowest BCUT2D eigenvalue weighted by Crippen LogP contribution is -3.00. The minimum atomic E-state index is -0.455. The van der Waals surface area contributed by atoms with Gasteiger partial charge < -0.3 is 53.6 Å². The van der Waals surface area contributed by atoms with Crippen molar-refractivity contribution in [2.45, 2.75) is 26.5 Å². The van der Waals surface area contributed by atoms with Crippen LogP contribution in [0.2, 0.25) is 0 Å². The van der Waals surface area contributed by atoms with Crippen molar-refractivity contribution in [2.75, 3.05) is 51.8 Å². The van der Waals surface area contributed by atoms with Crippen LogP contribution in [0, 0.1) is 0 Å². The number of anilines is 1. The van der Waals surface area contributed by atoms with Gasteiger partial charge in [0.1, 0.15) is 13.1 Å². The van der Waals surface area contributed by atoms with Gasteiger partial charge >= 0.3 is 0 Å². The first-order chi connectivity index (χ1) is 14.9. The van der Waals surface area contributed by atoms with Crippen LogP contribution >= 0.6 is 0 Å². The third-order valence-corrected chi connectivity index (χ3v) is 5.46. The Kier molecular flexibility index (Phi) is 15.4.